The summed E-state index contributed by atoms with van der Waals surface area (Å²) in [5.74, 6) is 0.773. The van der Waals surface area contributed by atoms with E-state index in [2.05, 4.69) is 28.5 Å². The van der Waals surface area contributed by atoms with E-state index in [0.29, 0.717) is 0 Å². The molecule has 1 aromatic carbocycles. The molecule has 1 aliphatic rings. The van der Waals surface area contributed by atoms with E-state index < -0.39 is 0 Å². The zero-order chi connectivity index (χ0) is 14.4. The van der Waals surface area contributed by atoms with E-state index in [1.54, 1.807) is 12.3 Å². The van der Waals surface area contributed by atoms with Crippen LogP contribution in [0.15, 0.2) is 70.2 Å². The van der Waals surface area contributed by atoms with Gasteiger partial charge < -0.3 is 0 Å². The van der Waals surface area contributed by atoms with Crippen molar-refractivity contribution in [3.05, 3.63) is 60.8 Å². The van der Waals surface area contributed by atoms with Crippen LogP contribution in [0.3, 0.4) is 0 Å². The summed E-state index contributed by atoms with van der Waals surface area (Å²) in [5.41, 5.74) is 2.80. The minimum atomic E-state index is 0.202. The Labute approximate surface area is 120 Å². The van der Waals surface area contributed by atoms with Gasteiger partial charge in [0, 0.05) is 18.2 Å². The van der Waals surface area contributed by atoms with Crippen LogP contribution in [0.25, 0.3) is 0 Å². The highest BCUT2D eigenvalue weighted by Gasteiger charge is 2.18. The van der Waals surface area contributed by atoms with Gasteiger partial charge in [-0.15, -0.1) is 0 Å². The van der Waals surface area contributed by atoms with E-state index in [4.69, 9.17) is 0 Å². The number of allylic oxidation sites excluding steroid dienone is 2. The van der Waals surface area contributed by atoms with E-state index in [1.165, 1.54) is 0 Å². The fourth-order valence-electron chi connectivity index (χ4n) is 2.02. The standard InChI is InChI=1S/C17H19N3/c1-4-11-18-15(5-2)16-12-13(3)19-17(20-16)14-9-7-6-8-10-14/h4-11,13H,2,12H2,1,3H3/b11-4-,18-15?. The molecule has 0 radical (unpaired) electrons. The Kier molecular flexibility index (Phi) is 4.77. The smallest absolute Gasteiger partial charge is 0.155 e. The van der Waals surface area contributed by atoms with Crippen LogP contribution in [0.2, 0.25) is 0 Å². The summed E-state index contributed by atoms with van der Waals surface area (Å²) in [6, 6.07) is 10.2. The molecule has 1 atom stereocenters. The first-order valence-electron chi connectivity index (χ1n) is 6.77. The fourth-order valence-corrected chi connectivity index (χ4v) is 2.02. The predicted octanol–water partition coefficient (Wildman–Crippen LogP) is 3.83. The summed E-state index contributed by atoms with van der Waals surface area (Å²) in [7, 11) is 0. The summed E-state index contributed by atoms with van der Waals surface area (Å²) in [4.78, 5) is 13.7. The molecule has 0 spiro atoms. The SMILES string of the molecule is C=CC(=N/C=C\C)C1=NC(c2ccccc2)=NC(C)C1. The second-order valence-electron chi connectivity index (χ2n) is 4.63. The Morgan fingerprint density at radius 1 is 1.35 bits per heavy atom. The van der Waals surface area contributed by atoms with Gasteiger partial charge in [0.1, 0.15) is 0 Å². The summed E-state index contributed by atoms with van der Waals surface area (Å²) in [5, 5.41) is 0. The van der Waals surface area contributed by atoms with Crippen LogP contribution in [0.5, 0.6) is 0 Å². The molecule has 0 aliphatic carbocycles. The quantitative estimate of drug-likeness (QED) is 0.742. The first-order valence-corrected chi connectivity index (χ1v) is 6.77. The molecule has 0 aromatic heterocycles. The molecule has 3 nitrogen and oxygen atoms in total. The lowest BCUT2D eigenvalue weighted by atomic mass is 10.0. The van der Waals surface area contributed by atoms with Crippen LogP contribution in [0.1, 0.15) is 25.8 Å². The molecule has 0 N–H and O–H groups in total. The molecule has 0 saturated heterocycles. The van der Waals surface area contributed by atoms with Crippen molar-refractivity contribution >= 4 is 17.3 Å². The molecule has 20 heavy (non-hydrogen) atoms. The van der Waals surface area contributed by atoms with Crippen molar-refractivity contribution in [2.75, 3.05) is 0 Å². The van der Waals surface area contributed by atoms with Gasteiger partial charge in [-0.05, 0) is 19.9 Å². The molecule has 0 bridgehead atoms. The molecule has 1 heterocycles. The van der Waals surface area contributed by atoms with Crippen molar-refractivity contribution in [3.63, 3.8) is 0 Å². The maximum atomic E-state index is 4.66. The second-order valence-corrected chi connectivity index (χ2v) is 4.63. The van der Waals surface area contributed by atoms with Gasteiger partial charge >= 0.3 is 0 Å². The molecule has 0 fully saturated rings. The molecule has 1 aliphatic heterocycles. The average molecular weight is 265 g/mol. The van der Waals surface area contributed by atoms with Crippen LogP contribution in [0.4, 0.5) is 0 Å². The number of nitrogens with zero attached hydrogens (tertiary/aromatic N) is 3. The van der Waals surface area contributed by atoms with Gasteiger partial charge in [-0.25, -0.2) is 4.99 Å². The summed E-state index contributed by atoms with van der Waals surface area (Å²) in [6.45, 7) is 7.85. The Bertz CT molecular complexity index is 592. The third-order valence-corrected chi connectivity index (χ3v) is 2.96. The van der Waals surface area contributed by atoms with E-state index in [-0.39, 0.29) is 6.04 Å². The highest BCUT2D eigenvalue weighted by atomic mass is 15.0. The number of aliphatic imine (C=N–C) groups is 3. The van der Waals surface area contributed by atoms with E-state index in [9.17, 15) is 0 Å². The highest BCUT2D eigenvalue weighted by molar-refractivity contribution is 6.48. The van der Waals surface area contributed by atoms with E-state index in [1.807, 2.05) is 43.3 Å². The lowest BCUT2D eigenvalue weighted by molar-refractivity contribution is 0.773. The van der Waals surface area contributed by atoms with Crippen LogP contribution in [0, 0.1) is 0 Å². The van der Waals surface area contributed by atoms with Gasteiger partial charge in [0.2, 0.25) is 0 Å². The number of hydrogen-bond donors (Lipinski definition) is 0. The molecule has 3 heteroatoms. The molecular weight excluding hydrogens is 246 g/mol. The van der Waals surface area contributed by atoms with E-state index in [0.717, 1.165) is 29.2 Å². The van der Waals surface area contributed by atoms with Gasteiger partial charge in [-0.3, -0.25) is 9.98 Å². The van der Waals surface area contributed by atoms with Gasteiger partial charge in [0.15, 0.2) is 5.84 Å². The van der Waals surface area contributed by atoms with Crippen LogP contribution in [-0.2, 0) is 0 Å². The van der Waals surface area contributed by atoms with Crippen LogP contribution >= 0.6 is 0 Å². The van der Waals surface area contributed by atoms with Gasteiger partial charge in [-0.2, -0.15) is 0 Å². The molecule has 0 amide bonds. The summed E-state index contributed by atoms with van der Waals surface area (Å²) < 4.78 is 0. The third kappa shape index (κ3) is 3.38. The Morgan fingerprint density at radius 3 is 2.75 bits per heavy atom. The molecular formula is C17H19N3. The topological polar surface area (TPSA) is 37.1 Å². The van der Waals surface area contributed by atoms with Crippen molar-refractivity contribution < 1.29 is 0 Å². The Balaban J connectivity index is 2.38. The number of hydrogen-bond acceptors (Lipinski definition) is 3. The van der Waals surface area contributed by atoms with Crippen molar-refractivity contribution in [3.8, 4) is 0 Å². The monoisotopic (exact) mass is 265 g/mol. The molecule has 1 aromatic rings. The minimum absolute atomic E-state index is 0.202. The maximum Gasteiger partial charge on any atom is 0.155 e. The van der Waals surface area contributed by atoms with E-state index >= 15 is 0 Å². The van der Waals surface area contributed by atoms with Crippen LogP contribution < -0.4 is 0 Å². The predicted molar refractivity (Wildman–Crippen MR) is 86.9 cm³/mol. The van der Waals surface area contributed by atoms with Crippen molar-refractivity contribution in [2.24, 2.45) is 15.0 Å². The van der Waals surface area contributed by atoms with Crippen molar-refractivity contribution in [2.45, 2.75) is 26.3 Å². The summed E-state index contributed by atoms with van der Waals surface area (Å²) in [6.07, 6.45) is 6.19. The number of benzene rings is 1. The molecule has 2 rings (SSSR count). The molecule has 0 saturated carbocycles. The van der Waals surface area contributed by atoms with Gasteiger partial charge in [0.25, 0.3) is 0 Å². The average Bonchev–Trinajstić information content (AvgIpc) is 2.48. The molecule has 1 unspecified atom stereocenters. The van der Waals surface area contributed by atoms with Crippen molar-refractivity contribution in [1.82, 2.24) is 0 Å². The normalized spacial score (nSPS) is 19.7. The maximum absolute atomic E-state index is 4.66. The lowest BCUT2D eigenvalue weighted by Gasteiger charge is -2.17. The fraction of sp³-hybridized carbons (Fsp3) is 0.235. The zero-order valence-electron chi connectivity index (χ0n) is 12.0. The first-order chi connectivity index (χ1) is 9.74. The second kappa shape index (κ2) is 6.75. The zero-order valence-corrected chi connectivity index (χ0v) is 12.0. The van der Waals surface area contributed by atoms with Crippen LogP contribution in [-0.4, -0.2) is 23.3 Å². The largest absolute Gasteiger partial charge is 0.263 e. The third-order valence-electron chi connectivity index (χ3n) is 2.96. The van der Waals surface area contributed by atoms with Crippen molar-refractivity contribution in [1.29, 1.82) is 0 Å². The Morgan fingerprint density at radius 2 is 2.10 bits per heavy atom. The lowest BCUT2D eigenvalue weighted by Crippen LogP contribution is -2.24. The summed E-state index contributed by atoms with van der Waals surface area (Å²) >= 11 is 0. The van der Waals surface area contributed by atoms with Gasteiger partial charge in [-0.1, -0.05) is 43.0 Å². The van der Waals surface area contributed by atoms with Gasteiger partial charge in [0.05, 0.1) is 17.5 Å². The highest BCUT2D eigenvalue weighted by Crippen LogP contribution is 2.14. The first kappa shape index (κ1) is 14.1. The Hall–Kier alpha value is -2.29. The minimum Gasteiger partial charge on any atom is -0.263 e. The molecule has 102 valence electrons. The number of rotatable bonds is 4. The number of amidine groups is 1.